The Balaban J connectivity index is 1.38. The lowest BCUT2D eigenvalue weighted by Crippen LogP contribution is -2.50. The van der Waals surface area contributed by atoms with Gasteiger partial charge in [-0.05, 0) is 48.4 Å². The van der Waals surface area contributed by atoms with E-state index in [9.17, 15) is 18.0 Å². The molecule has 2 aromatic rings. The van der Waals surface area contributed by atoms with Gasteiger partial charge in [0.25, 0.3) is 5.91 Å². The van der Waals surface area contributed by atoms with E-state index in [2.05, 4.69) is 5.32 Å². The average molecular weight is 486 g/mol. The summed E-state index contributed by atoms with van der Waals surface area (Å²) in [6.07, 6.45) is 3.14. The van der Waals surface area contributed by atoms with Crippen molar-refractivity contribution in [2.45, 2.75) is 24.3 Å². The smallest absolute Gasteiger partial charge is 0.265 e. The van der Waals surface area contributed by atoms with E-state index in [1.165, 1.54) is 22.5 Å². The minimum atomic E-state index is -3.78. The van der Waals surface area contributed by atoms with Crippen molar-refractivity contribution in [3.63, 3.8) is 0 Å². The molecule has 2 aromatic carbocycles. The van der Waals surface area contributed by atoms with Gasteiger partial charge in [-0.25, -0.2) is 8.42 Å². The molecule has 2 amide bonds. The predicted octanol–water partition coefficient (Wildman–Crippen LogP) is 2.35. The molecule has 0 aliphatic carbocycles. The quantitative estimate of drug-likeness (QED) is 0.630. The van der Waals surface area contributed by atoms with E-state index in [0.29, 0.717) is 17.9 Å². The molecule has 34 heavy (non-hydrogen) atoms. The summed E-state index contributed by atoms with van der Waals surface area (Å²) in [6, 6.07) is 11.8. The highest BCUT2D eigenvalue weighted by Crippen LogP contribution is 2.33. The van der Waals surface area contributed by atoms with E-state index >= 15 is 0 Å². The lowest BCUT2D eigenvalue weighted by Gasteiger charge is -2.33. The summed E-state index contributed by atoms with van der Waals surface area (Å²) in [6.45, 7) is 2.78. The van der Waals surface area contributed by atoms with E-state index in [1.807, 2.05) is 31.2 Å². The van der Waals surface area contributed by atoms with Crippen LogP contribution in [0.3, 0.4) is 0 Å². The number of rotatable bonds is 6. The molecule has 9 nitrogen and oxygen atoms in total. The van der Waals surface area contributed by atoms with Gasteiger partial charge in [0.1, 0.15) is 11.5 Å². The molecule has 0 aromatic heterocycles. The molecule has 0 bridgehead atoms. The number of benzene rings is 2. The monoisotopic (exact) mass is 485 g/mol. The topological polar surface area (TPSA) is 105 Å². The Hall–Kier alpha value is -3.37. The fraction of sp³-hybridized carbons (Fsp3) is 0.333. The van der Waals surface area contributed by atoms with Crippen molar-refractivity contribution < 1.29 is 27.5 Å². The van der Waals surface area contributed by atoms with Crippen molar-refractivity contribution in [2.24, 2.45) is 0 Å². The van der Waals surface area contributed by atoms with Crippen LogP contribution < -0.4 is 14.8 Å². The number of hydrogen-bond acceptors (Lipinski definition) is 6. The van der Waals surface area contributed by atoms with Gasteiger partial charge in [-0.2, -0.15) is 4.31 Å². The number of nitrogens with one attached hydrogen (secondary N) is 1. The number of ether oxygens (including phenoxy) is 2. The van der Waals surface area contributed by atoms with E-state index in [0.717, 1.165) is 11.3 Å². The SMILES string of the molecule is CC[C@H]1Oc2ccc(S(=O)(=O)N3CCN(C(=O)/C=C/c4ccc(OC)cc4)CC3)cc2NC1=O. The van der Waals surface area contributed by atoms with Crippen LogP contribution in [0.2, 0.25) is 0 Å². The molecule has 1 N–H and O–H groups in total. The number of hydrogen-bond donors (Lipinski definition) is 1. The summed E-state index contributed by atoms with van der Waals surface area (Å²) in [5.74, 6) is 0.718. The second kappa shape index (κ2) is 9.86. The maximum absolute atomic E-state index is 13.2. The van der Waals surface area contributed by atoms with Crippen molar-refractivity contribution in [1.82, 2.24) is 9.21 Å². The van der Waals surface area contributed by atoms with E-state index < -0.39 is 16.1 Å². The van der Waals surface area contributed by atoms with Crippen LogP contribution in [0.1, 0.15) is 18.9 Å². The first-order chi connectivity index (χ1) is 16.3. The summed E-state index contributed by atoms with van der Waals surface area (Å²) in [5, 5.41) is 2.72. The van der Waals surface area contributed by atoms with Crippen LogP contribution in [0.15, 0.2) is 53.4 Å². The summed E-state index contributed by atoms with van der Waals surface area (Å²) in [4.78, 5) is 26.3. The molecular formula is C24H27N3O6S. The van der Waals surface area contributed by atoms with Gasteiger partial charge in [-0.3, -0.25) is 9.59 Å². The van der Waals surface area contributed by atoms with Crippen molar-refractivity contribution in [2.75, 3.05) is 38.6 Å². The van der Waals surface area contributed by atoms with Gasteiger partial charge in [0.05, 0.1) is 17.7 Å². The molecule has 0 spiro atoms. The zero-order chi connectivity index (χ0) is 24.3. The zero-order valence-electron chi connectivity index (χ0n) is 19.1. The minimum Gasteiger partial charge on any atom is -0.497 e. The molecular weight excluding hydrogens is 458 g/mol. The highest BCUT2D eigenvalue weighted by atomic mass is 32.2. The lowest BCUT2D eigenvalue weighted by atomic mass is 10.2. The van der Waals surface area contributed by atoms with Crippen LogP contribution >= 0.6 is 0 Å². The van der Waals surface area contributed by atoms with Gasteiger partial charge in [-0.15, -0.1) is 0 Å². The van der Waals surface area contributed by atoms with Gasteiger partial charge >= 0.3 is 0 Å². The largest absolute Gasteiger partial charge is 0.497 e. The maximum atomic E-state index is 13.2. The van der Waals surface area contributed by atoms with Gasteiger partial charge in [0.15, 0.2) is 6.10 Å². The molecule has 4 rings (SSSR count). The van der Waals surface area contributed by atoms with Crippen molar-refractivity contribution >= 4 is 33.6 Å². The van der Waals surface area contributed by atoms with Crippen LogP contribution in [0.5, 0.6) is 11.5 Å². The number of fused-ring (bicyclic) bond motifs is 1. The molecule has 1 fully saturated rings. The summed E-state index contributed by atoms with van der Waals surface area (Å²) in [7, 11) is -2.19. The number of carbonyl (C=O) groups excluding carboxylic acids is 2. The average Bonchev–Trinajstić information content (AvgIpc) is 2.86. The van der Waals surface area contributed by atoms with Crippen LogP contribution in [0, 0.1) is 0 Å². The Bertz CT molecular complexity index is 1200. The van der Waals surface area contributed by atoms with Crippen LogP contribution in [-0.2, 0) is 19.6 Å². The minimum absolute atomic E-state index is 0.0734. The molecule has 1 saturated heterocycles. The second-order valence-corrected chi connectivity index (χ2v) is 9.94. The first kappa shape index (κ1) is 23.8. The van der Waals surface area contributed by atoms with E-state index in [4.69, 9.17) is 9.47 Å². The summed E-state index contributed by atoms with van der Waals surface area (Å²) < 4.78 is 38.4. The highest BCUT2D eigenvalue weighted by Gasteiger charge is 2.32. The molecule has 0 unspecified atom stereocenters. The number of nitrogens with zero attached hydrogens (tertiary/aromatic N) is 2. The maximum Gasteiger partial charge on any atom is 0.265 e. The molecule has 2 heterocycles. The Morgan fingerprint density at radius 2 is 1.85 bits per heavy atom. The van der Waals surface area contributed by atoms with Crippen LogP contribution in [0.25, 0.3) is 6.08 Å². The Morgan fingerprint density at radius 1 is 1.15 bits per heavy atom. The van der Waals surface area contributed by atoms with Crippen molar-refractivity contribution in [3.05, 3.63) is 54.1 Å². The Morgan fingerprint density at radius 3 is 2.50 bits per heavy atom. The highest BCUT2D eigenvalue weighted by molar-refractivity contribution is 7.89. The normalized spacial score (nSPS) is 18.8. The Labute approximate surface area is 199 Å². The molecule has 2 aliphatic rings. The van der Waals surface area contributed by atoms with Gasteiger partial charge in [0, 0.05) is 32.3 Å². The molecule has 1 atom stereocenters. The number of piperazine rings is 1. The summed E-state index contributed by atoms with van der Waals surface area (Å²) in [5.41, 5.74) is 1.21. The number of anilines is 1. The lowest BCUT2D eigenvalue weighted by molar-refractivity contribution is -0.127. The second-order valence-electron chi connectivity index (χ2n) is 8.00. The number of carbonyl (C=O) groups is 2. The van der Waals surface area contributed by atoms with Gasteiger partial charge in [0.2, 0.25) is 15.9 Å². The third kappa shape index (κ3) is 4.92. The number of amides is 2. The number of methoxy groups -OCH3 is 1. The first-order valence-corrected chi connectivity index (χ1v) is 12.5. The third-order valence-corrected chi connectivity index (χ3v) is 7.76. The van der Waals surface area contributed by atoms with E-state index in [-0.39, 0.29) is 42.9 Å². The van der Waals surface area contributed by atoms with Gasteiger partial charge < -0.3 is 19.7 Å². The molecule has 2 aliphatic heterocycles. The van der Waals surface area contributed by atoms with Crippen molar-refractivity contribution in [3.8, 4) is 11.5 Å². The molecule has 0 radical (unpaired) electrons. The van der Waals surface area contributed by atoms with Crippen molar-refractivity contribution in [1.29, 1.82) is 0 Å². The van der Waals surface area contributed by atoms with Crippen LogP contribution in [0.4, 0.5) is 5.69 Å². The zero-order valence-corrected chi connectivity index (χ0v) is 19.9. The van der Waals surface area contributed by atoms with E-state index in [1.54, 1.807) is 24.2 Å². The number of sulfonamides is 1. The fourth-order valence-corrected chi connectivity index (χ4v) is 5.29. The molecule has 180 valence electrons. The Kier molecular flexibility index (Phi) is 6.90. The molecule has 0 saturated carbocycles. The van der Waals surface area contributed by atoms with Crippen LogP contribution in [-0.4, -0.2) is 68.8 Å². The molecule has 10 heteroatoms. The fourth-order valence-electron chi connectivity index (χ4n) is 3.84. The summed E-state index contributed by atoms with van der Waals surface area (Å²) >= 11 is 0. The third-order valence-electron chi connectivity index (χ3n) is 5.86. The van der Waals surface area contributed by atoms with Gasteiger partial charge in [-0.1, -0.05) is 19.1 Å². The predicted molar refractivity (Wildman–Crippen MR) is 127 cm³/mol. The first-order valence-electron chi connectivity index (χ1n) is 11.0. The standard InChI is InChI=1S/C24H27N3O6S/c1-3-21-24(29)25-20-16-19(9-10-22(20)33-21)34(30,31)27-14-12-26(13-15-27)23(28)11-6-17-4-7-18(32-2)8-5-17/h4-11,16,21H,3,12-15H2,1-2H3,(H,25,29)/b11-6+/t21-/m1/s1.